The van der Waals surface area contributed by atoms with Gasteiger partial charge in [0.25, 0.3) is 0 Å². The van der Waals surface area contributed by atoms with Gasteiger partial charge >= 0.3 is 35.5 Å². The minimum Gasteiger partial charge on any atom is -1.00 e. The van der Waals surface area contributed by atoms with Crippen molar-refractivity contribution in [3.05, 3.63) is 29.8 Å². The number of aromatic carboxylic acids is 1. The van der Waals surface area contributed by atoms with Crippen LogP contribution in [0.1, 0.15) is 19.2 Å². The van der Waals surface area contributed by atoms with Gasteiger partial charge in [0.1, 0.15) is 5.75 Å². The van der Waals surface area contributed by atoms with Gasteiger partial charge in [0, 0.05) is 0 Å². The number of phenols is 1. The molecule has 0 unspecified atom stereocenters. The molecule has 0 heterocycles. The second kappa shape index (κ2) is 6.06. The summed E-state index contributed by atoms with van der Waals surface area (Å²) in [5.74, 6) is -1.06. The van der Waals surface area contributed by atoms with E-state index in [0.717, 1.165) is 0 Å². The second-order valence-corrected chi connectivity index (χ2v) is 1.86. The average molecular weight is 178 g/mol. The molecule has 0 spiro atoms. The molecule has 3 nitrogen and oxygen atoms in total. The summed E-state index contributed by atoms with van der Waals surface area (Å²) in [6, 6.07) is 5.52. The molecule has 62 valence electrons. The number of hydrogen-bond acceptors (Lipinski definition) is 2. The number of hydrogen-bond donors (Lipinski definition) is 2. The Balaban J connectivity index is -0.000000333. The Labute approximate surface area is 94.8 Å². The number of aromatic hydroxyl groups is 1. The molecule has 0 aliphatic carbocycles. The van der Waals surface area contributed by atoms with Gasteiger partial charge in [-0.15, -0.1) is 0 Å². The third kappa shape index (κ3) is 3.76. The minimum atomic E-state index is -1.03. The summed E-state index contributed by atoms with van der Waals surface area (Å²) >= 11 is 0. The Kier molecular flexibility index (Phi) is 7.09. The Morgan fingerprint density at radius 1 is 1.42 bits per heavy atom. The Bertz CT molecular complexity index is 265. The molecule has 0 aliphatic rings. The summed E-state index contributed by atoms with van der Waals surface area (Å²) < 4.78 is 0. The van der Waals surface area contributed by atoms with Crippen LogP contribution < -0.4 is 29.6 Å². The second-order valence-electron chi connectivity index (χ2n) is 1.86. The molecule has 1 rings (SSSR count). The van der Waals surface area contributed by atoms with Gasteiger partial charge in [-0.1, -0.05) is 13.5 Å². The van der Waals surface area contributed by atoms with Crippen molar-refractivity contribution in [2.24, 2.45) is 0 Å². The molecule has 12 heavy (non-hydrogen) atoms. The van der Waals surface area contributed by atoms with Gasteiger partial charge in [0.15, 0.2) is 0 Å². The van der Waals surface area contributed by atoms with E-state index in [2.05, 4.69) is 0 Å². The molecular weight excluding hydrogens is 167 g/mol. The number of carboxylic acid groups (broad SMARTS) is 1. The van der Waals surface area contributed by atoms with Gasteiger partial charge in [-0.25, -0.2) is 4.79 Å². The first-order valence-electron chi connectivity index (χ1n) is 2.72. The SMILES string of the molecule is C.O=C(O)c1cccc(O)c1.[H-].[Na+]. The number of phenolic OH excluding ortho intramolecular Hbond substituents is 1. The maximum atomic E-state index is 10.2. The molecule has 0 saturated carbocycles. The van der Waals surface area contributed by atoms with Crippen molar-refractivity contribution in [2.45, 2.75) is 7.43 Å². The summed E-state index contributed by atoms with van der Waals surface area (Å²) in [4.78, 5) is 10.2. The summed E-state index contributed by atoms with van der Waals surface area (Å²) in [6.45, 7) is 0. The van der Waals surface area contributed by atoms with Crippen LogP contribution >= 0.6 is 0 Å². The van der Waals surface area contributed by atoms with Crippen molar-refractivity contribution in [1.82, 2.24) is 0 Å². The molecule has 0 amide bonds. The minimum absolute atomic E-state index is 0. The molecule has 1 aromatic rings. The van der Waals surface area contributed by atoms with Crippen LogP contribution in [0, 0.1) is 0 Å². The normalized spacial score (nSPS) is 7.67. The molecule has 0 saturated heterocycles. The first kappa shape index (κ1) is 14.0. The van der Waals surface area contributed by atoms with E-state index in [-0.39, 0.29) is 49.7 Å². The third-order valence-corrected chi connectivity index (χ3v) is 1.09. The Morgan fingerprint density at radius 3 is 2.33 bits per heavy atom. The predicted octanol–water partition coefficient (Wildman–Crippen LogP) is -1.16. The van der Waals surface area contributed by atoms with E-state index < -0.39 is 5.97 Å². The van der Waals surface area contributed by atoms with E-state index in [9.17, 15) is 4.79 Å². The van der Waals surface area contributed by atoms with Crippen molar-refractivity contribution in [2.75, 3.05) is 0 Å². The van der Waals surface area contributed by atoms with Crippen LogP contribution in [0.15, 0.2) is 24.3 Å². The molecule has 0 radical (unpaired) electrons. The molecule has 0 bridgehead atoms. The van der Waals surface area contributed by atoms with Gasteiger partial charge < -0.3 is 11.6 Å². The summed E-state index contributed by atoms with van der Waals surface area (Å²) in [7, 11) is 0. The molecule has 0 fully saturated rings. The fraction of sp³-hybridized carbons (Fsp3) is 0.125. The van der Waals surface area contributed by atoms with Crippen LogP contribution in [-0.4, -0.2) is 16.2 Å². The van der Waals surface area contributed by atoms with Crippen LogP contribution in [0.4, 0.5) is 0 Å². The van der Waals surface area contributed by atoms with Gasteiger partial charge in [0.2, 0.25) is 0 Å². The van der Waals surface area contributed by atoms with Gasteiger partial charge in [-0.05, 0) is 18.2 Å². The zero-order valence-corrected chi connectivity index (χ0v) is 8.11. The van der Waals surface area contributed by atoms with Crippen molar-refractivity contribution in [3.63, 3.8) is 0 Å². The fourth-order valence-corrected chi connectivity index (χ4v) is 0.639. The standard InChI is InChI=1S/C7H6O3.CH4.Na.H/c8-6-3-1-2-5(4-6)7(9)10;;;/h1-4,8H,(H,9,10);1H4;;/q;;+1;-1. The average Bonchev–Trinajstić information content (AvgIpc) is 1.88. The summed E-state index contributed by atoms with van der Waals surface area (Å²) in [5, 5.41) is 17.2. The topological polar surface area (TPSA) is 57.5 Å². The molecular formula is C8H11NaO3. The monoisotopic (exact) mass is 178 g/mol. The number of benzene rings is 1. The van der Waals surface area contributed by atoms with E-state index in [1.165, 1.54) is 24.3 Å². The zero-order chi connectivity index (χ0) is 7.56. The largest absolute Gasteiger partial charge is 1.00 e. The van der Waals surface area contributed by atoms with Gasteiger partial charge in [-0.3, -0.25) is 0 Å². The Hall–Kier alpha value is -0.510. The van der Waals surface area contributed by atoms with Crippen LogP contribution in [0.25, 0.3) is 0 Å². The van der Waals surface area contributed by atoms with Crippen LogP contribution in [-0.2, 0) is 0 Å². The summed E-state index contributed by atoms with van der Waals surface area (Å²) in [5.41, 5.74) is 0.0972. The van der Waals surface area contributed by atoms with Crippen LogP contribution in [0.3, 0.4) is 0 Å². The quantitative estimate of drug-likeness (QED) is 0.533. The van der Waals surface area contributed by atoms with Crippen LogP contribution in [0.5, 0.6) is 5.75 Å². The third-order valence-electron chi connectivity index (χ3n) is 1.09. The number of carboxylic acids is 1. The first-order chi connectivity index (χ1) is 4.70. The van der Waals surface area contributed by atoms with E-state index in [0.29, 0.717) is 0 Å². The smallest absolute Gasteiger partial charge is 1.00 e. The zero-order valence-electron chi connectivity index (χ0n) is 7.11. The van der Waals surface area contributed by atoms with Crippen molar-refractivity contribution in [1.29, 1.82) is 0 Å². The molecule has 0 aromatic heterocycles. The van der Waals surface area contributed by atoms with Gasteiger partial charge in [0.05, 0.1) is 5.56 Å². The molecule has 0 aliphatic heterocycles. The molecule has 2 N–H and O–H groups in total. The van der Waals surface area contributed by atoms with Crippen molar-refractivity contribution < 1.29 is 46.0 Å². The van der Waals surface area contributed by atoms with Crippen LogP contribution in [0.2, 0.25) is 0 Å². The molecule has 1 aromatic carbocycles. The predicted molar refractivity (Wildman–Crippen MR) is 42.9 cm³/mol. The van der Waals surface area contributed by atoms with E-state index >= 15 is 0 Å². The maximum absolute atomic E-state index is 10.2. The maximum Gasteiger partial charge on any atom is 1.00 e. The van der Waals surface area contributed by atoms with E-state index in [1.807, 2.05) is 0 Å². The number of carbonyl (C=O) groups is 1. The van der Waals surface area contributed by atoms with E-state index in [1.54, 1.807) is 0 Å². The van der Waals surface area contributed by atoms with Crippen molar-refractivity contribution in [3.8, 4) is 5.75 Å². The van der Waals surface area contributed by atoms with Gasteiger partial charge in [-0.2, -0.15) is 0 Å². The van der Waals surface area contributed by atoms with E-state index in [4.69, 9.17) is 10.2 Å². The Morgan fingerprint density at radius 2 is 2.00 bits per heavy atom. The summed E-state index contributed by atoms with van der Waals surface area (Å²) in [6.07, 6.45) is 0. The fourth-order valence-electron chi connectivity index (χ4n) is 0.639. The number of rotatable bonds is 1. The van der Waals surface area contributed by atoms with Crippen molar-refractivity contribution >= 4 is 5.97 Å². The first-order valence-corrected chi connectivity index (χ1v) is 2.72. The molecule has 4 heteroatoms. The molecule has 0 atom stereocenters.